The van der Waals surface area contributed by atoms with Crippen molar-refractivity contribution < 1.29 is 23.8 Å². The minimum absolute atomic E-state index is 0.0789. The van der Waals surface area contributed by atoms with Gasteiger partial charge < -0.3 is 19.5 Å². The zero-order chi connectivity index (χ0) is 20.5. The number of carbonyl (C=O) groups excluding carboxylic acids is 2. The van der Waals surface area contributed by atoms with Crippen LogP contribution in [0.2, 0.25) is 0 Å². The van der Waals surface area contributed by atoms with E-state index in [1.807, 2.05) is 19.9 Å². The molecule has 0 aliphatic carbocycles. The molecule has 1 atom stereocenters. The van der Waals surface area contributed by atoms with Crippen molar-refractivity contribution in [1.82, 2.24) is 5.32 Å². The first-order valence-corrected chi connectivity index (χ1v) is 9.25. The van der Waals surface area contributed by atoms with Crippen LogP contribution < -0.4 is 19.5 Å². The highest BCUT2D eigenvalue weighted by Gasteiger charge is 2.16. The molecule has 1 N–H and O–H groups in total. The average molecular weight is 385 g/mol. The maximum atomic E-state index is 12.3. The van der Waals surface area contributed by atoms with Crippen LogP contribution in [-0.2, 0) is 4.79 Å². The number of hydrogen-bond acceptors (Lipinski definition) is 5. The van der Waals surface area contributed by atoms with E-state index >= 15 is 0 Å². The molecule has 6 heteroatoms. The first-order valence-electron chi connectivity index (χ1n) is 9.25. The van der Waals surface area contributed by atoms with E-state index in [0.29, 0.717) is 23.7 Å². The zero-order valence-electron chi connectivity index (χ0n) is 16.8. The van der Waals surface area contributed by atoms with Crippen LogP contribution in [0.1, 0.15) is 48.7 Å². The van der Waals surface area contributed by atoms with Crippen LogP contribution in [0.5, 0.6) is 17.2 Å². The lowest BCUT2D eigenvalue weighted by atomic mass is 10.0. The van der Waals surface area contributed by atoms with Gasteiger partial charge in [-0.3, -0.25) is 9.59 Å². The van der Waals surface area contributed by atoms with Crippen LogP contribution in [0.15, 0.2) is 42.5 Å². The van der Waals surface area contributed by atoms with Crippen LogP contribution in [-0.4, -0.2) is 32.5 Å². The smallest absolute Gasteiger partial charge is 0.220 e. The second-order valence-electron chi connectivity index (χ2n) is 6.28. The van der Waals surface area contributed by atoms with Crippen molar-refractivity contribution in [1.29, 1.82) is 0 Å². The van der Waals surface area contributed by atoms with Crippen LogP contribution in [0.4, 0.5) is 0 Å². The Labute approximate surface area is 165 Å². The highest BCUT2D eigenvalue weighted by Crippen LogP contribution is 2.29. The molecule has 1 amide bonds. The predicted molar refractivity (Wildman–Crippen MR) is 107 cm³/mol. The van der Waals surface area contributed by atoms with Crippen molar-refractivity contribution in [2.24, 2.45) is 0 Å². The summed E-state index contributed by atoms with van der Waals surface area (Å²) in [6.07, 6.45) is 0.254. The van der Waals surface area contributed by atoms with E-state index in [1.165, 1.54) is 0 Å². The molecule has 2 aromatic carbocycles. The molecule has 0 spiro atoms. The molecule has 0 fully saturated rings. The van der Waals surface area contributed by atoms with Gasteiger partial charge in [-0.2, -0.15) is 0 Å². The monoisotopic (exact) mass is 385 g/mol. The Balaban J connectivity index is 1.92. The number of Topliss-reactive ketones (excluding diaryl/α,β-unsaturated/α-hetero) is 1. The molecule has 0 saturated carbocycles. The van der Waals surface area contributed by atoms with E-state index in [0.717, 1.165) is 11.3 Å². The molecule has 0 radical (unpaired) electrons. The highest BCUT2D eigenvalue weighted by molar-refractivity contribution is 5.98. The molecule has 0 aromatic heterocycles. The summed E-state index contributed by atoms with van der Waals surface area (Å²) in [6.45, 7) is 4.34. The lowest BCUT2D eigenvalue weighted by molar-refractivity contribution is -0.121. The maximum absolute atomic E-state index is 12.3. The van der Waals surface area contributed by atoms with Crippen LogP contribution in [0.3, 0.4) is 0 Å². The quantitative estimate of drug-likeness (QED) is 0.627. The third-order valence-corrected chi connectivity index (χ3v) is 4.35. The van der Waals surface area contributed by atoms with E-state index in [2.05, 4.69) is 5.32 Å². The fourth-order valence-corrected chi connectivity index (χ4v) is 2.84. The molecule has 150 valence electrons. The molecular weight excluding hydrogens is 358 g/mol. The lowest BCUT2D eigenvalue weighted by Crippen LogP contribution is -2.27. The normalized spacial score (nSPS) is 11.4. The summed E-state index contributed by atoms with van der Waals surface area (Å²) in [7, 11) is 3.16. The van der Waals surface area contributed by atoms with Crippen molar-refractivity contribution in [3.8, 4) is 17.2 Å². The zero-order valence-corrected chi connectivity index (χ0v) is 16.8. The third-order valence-electron chi connectivity index (χ3n) is 4.35. The molecule has 2 rings (SSSR count). The highest BCUT2D eigenvalue weighted by atomic mass is 16.5. The lowest BCUT2D eigenvalue weighted by Gasteiger charge is -2.18. The summed E-state index contributed by atoms with van der Waals surface area (Å²) in [5, 5.41) is 2.91. The van der Waals surface area contributed by atoms with Crippen LogP contribution in [0.25, 0.3) is 0 Å². The van der Waals surface area contributed by atoms with Crippen LogP contribution in [0, 0.1) is 0 Å². The number of ketones is 1. The second kappa shape index (κ2) is 10.3. The third kappa shape index (κ3) is 5.74. The molecule has 0 unspecified atom stereocenters. The van der Waals surface area contributed by atoms with Gasteiger partial charge in [0.15, 0.2) is 5.78 Å². The van der Waals surface area contributed by atoms with Crippen LogP contribution >= 0.6 is 0 Å². The first-order chi connectivity index (χ1) is 13.5. The van der Waals surface area contributed by atoms with Crippen molar-refractivity contribution in [3.05, 3.63) is 53.6 Å². The standard InChI is InChI=1S/C22H27NO5/c1-5-28-17-8-6-16(7-9-17)20(24)11-13-22(25)23-15(2)19-14-18(26-3)10-12-21(19)27-4/h6-10,12,14-15H,5,11,13H2,1-4H3,(H,23,25)/t15-/m0/s1. The van der Waals surface area contributed by atoms with Gasteiger partial charge in [0, 0.05) is 24.0 Å². The van der Waals surface area contributed by atoms with Gasteiger partial charge in [-0.05, 0) is 56.3 Å². The minimum atomic E-state index is -0.280. The van der Waals surface area contributed by atoms with Crippen molar-refractivity contribution in [3.63, 3.8) is 0 Å². The molecule has 0 aliphatic heterocycles. The molecule has 28 heavy (non-hydrogen) atoms. The fraction of sp³-hybridized carbons (Fsp3) is 0.364. The number of nitrogens with one attached hydrogen (secondary N) is 1. The van der Waals surface area contributed by atoms with E-state index in [9.17, 15) is 9.59 Å². The minimum Gasteiger partial charge on any atom is -0.497 e. The van der Waals surface area contributed by atoms with E-state index in [1.54, 1.807) is 50.6 Å². The van der Waals surface area contributed by atoms with Gasteiger partial charge in [-0.15, -0.1) is 0 Å². The molecule has 0 saturated heterocycles. The number of ether oxygens (including phenoxy) is 3. The van der Waals surface area contributed by atoms with Gasteiger partial charge in [0.25, 0.3) is 0 Å². The van der Waals surface area contributed by atoms with Gasteiger partial charge >= 0.3 is 0 Å². The molecule has 0 bridgehead atoms. The number of benzene rings is 2. The number of rotatable bonds is 10. The van der Waals surface area contributed by atoms with Gasteiger partial charge in [0.05, 0.1) is 26.9 Å². The summed E-state index contributed by atoms with van der Waals surface area (Å²) in [4.78, 5) is 24.6. The average Bonchev–Trinajstić information content (AvgIpc) is 2.72. The summed E-state index contributed by atoms with van der Waals surface area (Å²) in [5.74, 6) is 1.79. The topological polar surface area (TPSA) is 73.9 Å². The SMILES string of the molecule is CCOc1ccc(C(=O)CCC(=O)N[C@@H](C)c2cc(OC)ccc2OC)cc1. The van der Waals surface area contributed by atoms with E-state index < -0.39 is 0 Å². The van der Waals surface area contributed by atoms with Gasteiger partial charge in [-0.1, -0.05) is 0 Å². The summed E-state index contributed by atoms with van der Waals surface area (Å²) < 4.78 is 16.0. The Hall–Kier alpha value is -3.02. The summed E-state index contributed by atoms with van der Waals surface area (Å²) in [6, 6.07) is 12.1. The number of carbonyl (C=O) groups is 2. The van der Waals surface area contributed by atoms with E-state index in [4.69, 9.17) is 14.2 Å². The van der Waals surface area contributed by atoms with Crippen molar-refractivity contribution >= 4 is 11.7 Å². The molecular formula is C22H27NO5. The van der Waals surface area contributed by atoms with Crippen molar-refractivity contribution in [2.75, 3.05) is 20.8 Å². The second-order valence-corrected chi connectivity index (χ2v) is 6.28. The Bertz CT molecular complexity index is 801. The largest absolute Gasteiger partial charge is 0.497 e. The predicted octanol–water partition coefficient (Wildman–Crippen LogP) is 3.94. The number of amides is 1. The molecule has 0 heterocycles. The Morgan fingerprint density at radius 2 is 1.64 bits per heavy atom. The number of hydrogen-bond donors (Lipinski definition) is 1. The maximum Gasteiger partial charge on any atom is 0.220 e. The van der Waals surface area contributed by atoms with Gasteiger partial charge in [0.1, 0.15) is 17.2 Å². The molecule has 0 aliphatic rings. The first kappa shape index (κ1) is 21.3. The van der Waals surface area contributed by atoms with Gasteiger partial charge in [0.2, 0.25) is 5.91 Å². The number of methoxy groups -OCH3 is 2. The Morgan fingerprint density at radius 1 is 0.964 bits per heavy atom. The fourth-order valence-electron chi connectivity index (χ4n) is 2.84. The molecule has 2 aromatic rings. The van der Waals surface area contributed by atoms with E-state index in [-0.39, 0.29) is 30.6 Å². The Kier molecular flexibility index (Phi) is 7.87. The summed E-state index contributed by atoms with van der Waals surface area (Å²) >= 11 is 0. The van der Waals surface area contributed by atoms with Crippen molar-refractivity contribution in [2.45, 2.75) is 32.7 Å². The molecule has 6 nitrogen and oxygen atoms in total. The summed E-state index contributed by atoms with van der Waals surface area (Å²) in [5.41, 5.74) is 1.38. The van der Waals surface area contributed by atoms with Gasteiger partial charge in [-0.25, -0.2) is 0 Å². The Morgan fingerprint density at radius 3 is 2.25 bits per heavy atom.